The topological polar surface area (TPSA) is 179 Å². The summed E-state index contributed by atoms with van der Waals surface area (Å²) in [5.74, 6) is 0.667. The number of benzene rings is 8. The van der Waals surface area contributed by atoms with E-state index in [2.05, 4.69) is 89.5 Å². The number of rotatable bonds is 10. The maximum atomic E-state index is 13.4. The van der Waals surface area contributed by atoms with Crippen molar-refractivity contribution in [3.8, 4) is 5.75 Å². The molecule has 1 aromatic heterocycles. The summed E-state index contributed by atoms with van der Waals surface area (Å²) in [6.07, 6.45) is 9.61. The van der Waals surface area contributed by atoms with Gasteiger partial charge in [0.25, 0.3) is 35.4 Å². The number of amides is 6. The molecule has 6 saturated heterocycles. The molecule has 7 heterocycles. The van der Waals surface area contributed by atoms with Gasteiger partial charge in [-0.15, -0.1) is 0 Å². The van der Waals surface area contributed by atoms with Crippen LogP contribution in [0, 0.1) is 34.6 Å². The first kappa shape index (κ1) is 85.9. The van der Waals surface area contributed by atoms with E-state index >= 15 is 0 Å². The SMILES string of the molecule is C/C(=C1/SC(=S)N(c2ccccn2)C1=O)c1ccc(C)cc1.CC/C(=C1/SC(=S)N(c2cccc3ccccc23)C1=O)c1ccc(C)cc1.COc1ccc(/C=C2\SC(=S)NC2=O)cc1.Cc1ccc(/C=C2\SC(=S)NC2=O)c(C)c1.Cc1ccc(/C=C2\SC(=S)NC2=O)cc1.O=C1NC(=S)S/C1=C\c1c(Cl)cccc1Cl. The van der Waals surface area contributed by atoms with Crippen LogP contribution in [0.15, 0.2) is 230 Å². The third-order valence-corrected chi connectivity index (χ3v) is 24.8. The van der Waals surface area contributed by atoms with E-state index in [0.29, 0.717) is 71.9 Å². The Bertz CT molecular complexity index is 5470. The van der Waals surface area contributed by atoms with Gasteiger partial charge in [-0.1, -0.05) is 348 Å². The molecule has 0 unspecified atom stereocenters. The molecule has 15 rings (SSSR count). The first-order valence-electron chi connectivity index (χ1n) is 34.0. The second-order valence-corrected chi connectivity index (χ2v) is 35.6. The minimum atomic E-state index is -0.217. The zero-order valence-corrected chi connectivity index (χ0v) is 72.2. The molecule has 0 aliphatic carbocycles. The van der Waals surface area contributed by atoms with Gasteiger partial charge in [0, 0.05) is 27.2 Å². The predicted molar refractivity (Wildman–Crippen MR) is 497 cm³/mol. The monoisotopic (exact) mass is 1740 g/mol. The summed E-state index contributed by atoms with van der Waals surface area (Å²) < 4.78 is 8.16. The number of aromatic nitrogens is 1. The molecule has 6 amide bonds. The lowest BCUT2D eigenvalue weighted by molar-refractivity contribution is -0.116. The Morgan fingerprint density at radius 2 is 0.902 bits per heavy atom. The zero-order chi connectivity index (χ0) is 80.4. The van der Waals surface area contributed by atoms with Crippen LogP contribution >= 0.6 is 167 Å². The van der Waals surface area contributed by atoms with Crippen LogP contribution in [0.2, 0.25) is 10.0 Å². The van der Waals surface area contributed by atoms with Gasteiger partial charge < -0.3 is 26.0 Å². The van der Waals surface area contributed by atoms with Crippen LogP contribution in [0.5, 0.6) is 5.75 Å². The number of hydrogen-bond donors (Lipinski definition) is 4. The first-order chi connectivity index (χ1) is 53.6. The van der Waals surface area contributed by atoms with Gasteiger partial charge in [-0.3, -0.25) is 33.7 Å². The molecule has 0 atom stereocenters. The van der Waals surface area contributed by atoms with Crippen molar-refractivity contribution in [1.29, 1.82) is 0 Å². The Morgan fingerprint density at radius 1 is 0.464 bits per heavy atom. The van der Waals surface area contributed by atoms with Crippen molar-refractivity contribution in [1.82, 2.24) is 26.3 Å². The fourth-order valence-electron chi connectivity index (χ4n) is 10.9. The third kappa shape index (κ3) is 22.9. The van der Waals surface area contributed by atoms with E-state index < -0.39 is 0 Å². The molecule has 6 aliphatic rings. The lowest BCUT2D eigenvalue weighted by atomic mass is 10.0. The molecule has 4 N–H and O–H groups in total. The average Bonchev–Trinajstić information content (AvgIpc) is 1.59. The highest BCUT2D eigenvalue weighted by atomic mass is 35.5. The molecule has 14 nitrogen and oxygen atoms in total. The number of ether oxygens (including phenoxy) is 1. The molecule has 0 radical (unpaired) electrons. The first-order valence-corrected chi connectivity index (χ1v) is 42.1. The normalized spacial score (nSPS) is 17.4. The molecule has 6 fully saturated rings. The van der Waals surface area contributed by atoms with Gasteiger partial charge >= 0.3 is 0 Å². The maximum absolute atomic E-state index is 13.4. The van der Waals surface area contributed by atoms with Crippen LogP contribution in [0.4, 0.5) is 11.5 Å². The van der Waals surface area contributed by atoms with Crippen LogP contribution in [-0.2, 0) is 28.8 Å². The number of thiocarbonyl (C=S) groups is 6. The quantitative estimate of drug-likeness (QED) is 0.0750. The van der Waals surface area contributed by atoms with Gasteiger partial charge in [-0.05, 0) is 165 Å². The minimum Gasteiger partial charge on any atom is -0.497 e. The highest BCUT2D eigenvalue weighted by Gasteiger charge is 2.38. The van der Waals surface area contributed by atoms with E-state index in [0.717, 1.165) is 72.5 Å². The van der Waals surface area contributed by atoms with Gasteiger partial charge in [0.1, 0.15) is 28.8 Å². The fraction of sp³-hybridized carbons (Fsp3) is 0.107. The highest BCUT2D eigenvalue weighted by Crippen LogP contribution is 2.44. The van der Waals surface area contributed by atoms with Gasteiger partial charge in [-0.25, -0.2) is 9.88 Å². The molecule has 112 heavy (non-hydrogen) atoms. The van der Waals surface area contributed by atoms with Crippen molar-refractivity contribution in [3.05, 3.63) is 301 Å². The Labute approximate surface area is 717 Å². The van der Waals surface area contributed by atoms with E-state index in [-0.39, 0.29) is 35.4 Å². The van der Waals surface area contributed by atoms with Crippen LogP contribution in [0.1, 0.15) is 81.5 Å². The van der Waals surface area contributed by atoms with Gasteiger partial charge in [0.15, 0.2) is 8.64 Å². The predicted octanol–water partition coefficient (Wildman–Crippen LogP) is 21.5. The van der Waals surface area contributed by atoms with E-state index in [9.17, 15) is 28.8 Å². The number of nitrogens with zero attached hydrogens (tertiary/aromatic N) is 3. The number of methoxy groups -OCH3 is 1. The van der Waals surface area contributed by atoms with Gasteiger partial charge in [-0.2, -0.15) is 0 Å². The van der Waals surface area contributed by atoms with Crippen LogP contribution < -0.4 is 35.8 Å². The Kier molecular flexibility index (Phi) is 31.0. The number of fused-ring (bicyclic) bond motifs is 1. The van der Waals surface area contributed by atoms with Crippen molar-refractivity contribution < 1.29 is 33.5 Å². The summed E-state index contributed by atoms with van der Waals surface area (Å²) in [6, 6.07) is 62.8. The number of thioether (sulfide) groups is 6. The number of hydrogen-bond acceptors (Lipinski definition) is 20. The number of allylic oxidation sites excluding steroid dienone is 2. The second-order valence-electron chi connectivity index (χ2n) is 24.6. The third-order valence-electron chi connectivity index (χ3n) is 16.6. The molecule has 9 aromatic rings. The lowest BCUT2D eigenvalue weighted by Crippen LogP contribution is -2.28. The zero-order valence-electron chi connectivity index (χ0n) is 60.9. The minimum absolute atomic E-state index is 0.0289. The Morgan fingerprint density at radius 3 is 1.39 bits per heavy atom. The second kappa shape index (κ2) is 40.5. The van der Waals surface area contributed by atoms with Crippen molar-refractivity contribution in [2.24, 2.45) is 0 Å². The molecule has 0 bridgehead atoms. The summed E-state index contributed by atoms with van der Waals surface area (Å²) in [6.45, 7) is 14.3. The Balaban J connectivity index is 0.000000145. The number of aryl methyl sites for hydroxylation is 5. The van der Waals surface area contributed by atoms with Gasteiger partial charge in [0.2, 0.25) is 0 Å². The maximum Gasteiger partial charge on any atom is 0.272 e. The highest BCUT2D eigenvalue weighted by molar-refractivity contribution is 8.29. The van der Waals surface area contributed by atoms with Crippen molar-refractivity contribution in [2.45, 2.75) is 54.9 Å². The summed E-state index contributed by atoms with van der Waals surface area (Å²) in [5.41, 5.74) is 14.6. The van der Waals surface area contributed by atoms with Crippen LogP contribution in [-0.4, -0.2) is 73.5 Å². The number of carbonyl (C=O) groups is 6. The lowest BCUT2D eigenvalue weighted by Gasteiger charge is -2.17. The summed E-state index contributed by atoms with van der Waals surface area (Å²) >= 11 is 50.4. The van der Waals surface area contributed by atoms with Crippen LogP contribution in [0.25, 0.3) is 46.2 Å². The summed E-state index contributed by atoms with van der Waals surface area (Å²) in [7, 11) is 1.62. The Hall–Kier alpha value is -8.55. The smallest absolute Gasteiger partial charge is 0.272 e. The number of carbonyl (C=O) groups excluding carboxylic acids is 6. The van der Waals surface area contributed by atoms with Gasteiger partial charge in [0.05, 0.1) is 42.2 Å². The van der Waals surface area contributed by atoms with E-state index in [4.69, 9.17) is 101 Å². The van der Waals surface area contributed by atoms with Crippen molar-refractivity contribution in [3.63, 3.8) is 0 Å². The number of anilines is 2. The van der Waals surface area contributed by atoms with E-state index in [1.807, 2.05) is 167 Å². The largest absolute Gasteiger partial charge is 0.497 e. The van der Waals surface area contributed by atoms with E-state index in [1.54, 1.807) is 54.6 Å². The summed E-state index contributed by atoms with van der Waals surface area (Å²) in [5, 5.41) is 13.4. The molecule has 0 spiro atoms. The van der Waals surface area contributed by atoms with Crippen molar-refractivity contribution in [2.75, 3.05) is 16.9 Å². The molecule has 0 saturated carbocycles. The number of nitrogens with one attached hydrogen (secondary N) is 4. The molecule has 566 valence electrons. The standard InChI is InChI=1S/C23H19NOS2.C17H14N2OS2.C12H11NOS2.C11H9NO2S2.C11H9NOS2.C10H5Cl2NOS2/c1-3-18(17-13-11-15(2)12-14-17)21-22(25)24(23(26)27-21)20-10-6-8-16-7-4-5-9-19(16)20;1-11-6-8-13(9-7-11)12(2)15-16(20)19(17(21)22-15)14-5-3-4-10-18-14;1-7-3-4-9(8(2)5-7)6-10-11(14)13-12(15)16-10;1-14-8-4-2-7(3-5-8)6-9-10(13)12-11(15)16-9;1-7-2-4-8(5-3-7)6-9-10(13)12-11(14)15-9;11-6-2-1-3-7(12)5(6)4-8-9(14)13-10(15)16-8/h4-14H,3H2,1-2H3;3-10H,1-2H3;3-6H,1-2H3,(H,13,14,15);2-6H,1H3,(H,12,13,15);2-6H,1H3,(H,12,13,14);1-4H,(H,13,14,15)/b21-18-;15-12-;10-6-;2*9-6-;8-4-. The molecule has 8 aromatic carbocycles. The number of pyridine rings is 1. The molecular formula is C84H67Cl2N7O7S12. The molecule has 28 heteroatoms. The molecule has 6 aliphatic heterocycles. The van der Waals surface area contributed by atoms with E-state index in [1.165, 1.54) is 103 Å². The van der Waals surface area contributed by atoms with Crippen molar-refractivity contribution >= 4 is 286 Å². The fourth-order valence-corrected chi connectivity index (χ4v) is 18.3. The summed E-state index contributed by atoms with van der Waals surface area (Å²) in [4.78, 5) is 83.0. The molecular weight excluding hydrogens is 1670 g/mol. The number of halogens is 2. The average molecular weight is 1740 g/mol. The van der Waals surface area contributed by atoms with Crippen LogP contribution in [0.3, 0.4) is 0 Å².